The van der Waals surface area contributed by atoms with E-state index in [1.165, 1.54) is 0 Å². The van der Waals surface area contributed by atoms with Crippen molar-refractivity contribution in [1.29, 1.82) is 0 Å². The lowest BCUT2D eigenvalue weighted by atomic mass is 10.1. The van der Waals surface area contributed by atoms with Crippen LogP contribution in [0.4, 0.5) is 0 Å². The first-order valence-corrected chi connectivity index (χ1v) is 5.27. The first kappa shape index (κ1) is 13.6. The zero-order valence-corrected chi connectivity index (χ0v) is 11.0. The topological polar surface area (TPSA) is 57.0 Å². The molecule has 1 atom stereocenters. The van der Waals surface area contributed by atoms with Gasteiger partial charge in [-0.2, -0.15) is 0 Å². The van der Waals surface area contributed by atoms with Gasteiger partial charge in [0.2, 0.25) is 0 Å². The van der Waals surface area contributed by atoms with Gasteiger partial charge in [-0.15, -0.1) is 0 Å². The van der Waals surface area contributed by atoms with Crippen LogP contribution < -0.4 is 19.9 Å². The molecule has 0 aliphatic rings. The predicted molar refractivity (Wildman–Crippen MR) is 66.7 cm³/mol. The van der Waals surface area contributed by atoms with Crippen LogP contribution in [0.1, 0.15) is 11.7 Å². The third-order valence-corrected chi connectivity index (χ3v) is 2.61. The maximum Gasteiger partial charge on any atom is 0.132 e. The Labute approximate surface area is 102 Å². The van der Waals surface area contributed by atoms with E-state index >= 15 is 0 Å². The summed E-state index contributed by atoms with van der Waals surface area (Å²) in [7, 11) is 8.58. The van der Waals surface area contributed by atoms with E-state index in [4.69, 9.17) is 19.9 Å². The maximum atomic E-state index is 6.11. The van der Waals surface area contributed by atoms with Crippen LogP contribution in [0.2, 0.25) is 0 Å². The van der Waals surface area contributed by atoms with E-state index in [1.54, 1.807) is 33.5 Å². The SMILES string of the molecule is COc1cc(OC)c(C(N)N(C)C)c(OC)c1. The third-order valence-electron chi connectivity index (χ3n) is 2.61. The van der Waals surface area contributed by atoms with Crippen molar-refractivity contribution in [2.45, 2.75) is 6.17 Å². The average molecular weight is 240 g/mol. The monoisotopic (exact) mass is 240 g/mol. The molecule has 0 saturated heterocycles. The molecule has 5 heteroatoms. The summed E-state index contributed by atoms with van der Waals surface area (Å²) in [5.41, 5.74) is 6.91. The van der Waals surface area contributed by atoms with Gasteiger partial charge in [0.15, 0.2) is 0 Å². The molecular weight excluding hydrogens is 220 g/mol. The molecule has 0 aliphatic heterocycles. The third kappa shape index (κ3) is 2.81. The Morgan fingerprint density at radius 1 is 1.00 bits per heavy atom. The van der Waals surface area contributed by atoms with Crippen molar-refractivity contribution in [3.63, 3.8) is 0 Å². The lowest BCUT2D eigenvalue weighted by molar-refractivity contribution is 0.282. The molecule has 0 spiro atoms. The molecule has 0 aliphatic carbocycles. The molecule has 0 radical (unpaired) electrons. The number of rotatable bonds is 5. The van der Waals surface area contributed by atoms with E-state index in [2.05, 4.69) is 0 Å². The van der Waals surface area contributed by atoms with Crippen LogP contribution in [-0.4, -0.2) is 40.3 Å². The van der Waals surface area contributed by atoms with Crippen LogP contribution in [0.5, 0.6) is 17.2 Å². The summed E-state index contributed by atoms with van der Waals surface area (Å²) in [6, 6.07) is 3.59. The average Bonchev–Trinajstić information content (AvgIpc) is 2.35. The van der Waals surface area contributed by atoms with Gasteiger partial charge >= 0.3 is 0 Å². The zero-order valence-electron chi connectivity index (χ0n) is 11.0. The molecule has 96 valence electrons. The first-order valence-electron chi connectivity index (χ1n) is 5.27. The van der Waals surface area contributed by atoms with Crippen molar-refractivity contribution in [2.75, 3.05) is 35.4 Å². The highest BCUT2D eigenvalue weighted by atomic mass is 16.5. The zero-order chi connectivity index (χ0) is 13.0. The standard InChI is InChI=1S/C12H20N2O3/c1-14(2)12(13)11-9(16-4)6-8(15-3)7-10(11)17-5/h6-7,12H,13H2,1-5H3. The van der Waals surface area contributed by atoms with Crippen LogP contribution in [0.15, 0.2) is 12.1 Å². The number of hydrogen-bond acceptors (Lipinski definition) is 5. The van der Waals surface area contributed by atoms with Crippen molar-refractivity contribution in [2.24, 2.45) is 5.73 Å². The number of nitrogens with zero attached hydrogens (tertiary/aromatic N) is 1. The maximum absolute atomic E-state index is 6.11. The molecule has 5 nitrogen and oxygen atoms in total. The minimum absolute atomic E-state index is 0.300. The number of benzene rings is 1. The molecule has 1 aromatic rings. The number of ether oxygens (including phenoxy) is 3. The normalized spacial score (nSPS) is 12.4. The molecule has 0 saturated carbocycles. The highest BCUT2D eigenvalue weighted by Crippen LogP contribution is 2.37. The van der Waals surface area contributed by atoms with Crippen LogP contribution in [0.25, 0.3) is 0 Å². The Balaban J connectivity index is 3.34. The lowest BCUT2D eigenvalue weighted by Gasteiger charge is -2.24. The van der Waals surface area contributed by atoms with Gasteiger partial charge in [0.1, 0.15) is 17.2 Å². The second-order valence-electron chi connectivity index (χ2n) is 3.85. The van der Waals surface area contributed by atoms with Crippen molar-refractivity contribution in [3.8, 4) is 17.2 Å². The van der Waals surface area contributed by atoms with Gasteiger partial charge in [0.25, 0.3) is 0 Å². The Morgan fingerprint density at radius 3 is 1.76 bits per heavy atom. The van der Waals surface area contributed by atoms with Gasteiger partial charge in [0.05, 0.1) is 33.1 Å². The quantitative estimate of drug-likeness (QED) is 0.784. The highest BCUT2D eigenvalue weighted by Gasteiger charge is 2.20. The van der Waals surface area contributed by atoms with Crippen molar-refractivity contribution in [1.82, 2.24) is 4.90 Å². The van der Waals surface area contributed by atoms with Gasteiger partial charge in [-0.05, 0) is 14.1 Å². The molecule has 0 aromatic heterocycles. The molecule has 0 heterocycles. The fourth-order valence-corrected chi connectivity index (χ4v) is 1.58. The molecule has 1 rings (SSSR count). The second-order valence-corrected chi connectivity index (χ2v) is 3.85. The molecule has 1 unspecified atom stereocenters. The van der Waals surface area contributed by atoms with E-state index < -0.39 is 0 Å². The molecule has 0 bridgehead atoms. The Bertz CT molecular complexity index is 355. The lowest BCUT2D eigenvalue weighted by Crippen LogP contribution is -2.28. The van der Waals surface area contributed by atoms with E-state index in [-0.39, 0.29) is 6.17 Å². The van der Waals surface area contributed by atoms with Gasteiger partial charge in [0, 0.05) is 12.1 Å². The second kappa shape index (κ2) is 5.75. The van der Waals surface area contributed by atoms with Gasteiger partial charge in [-0.1, -0.05) is 0 Å². The van der Waals surface area contributed by atoms with Gasteiger partial charge in [-0.3, -0.25) is 4.90 Å². The summed E-state index contributed by atoms with van der Waals surface area (Å²) < 4.78 is 15.8. The largest absolute Gasteiger partial charge is 0.496 e. The molecule has 17 heavy (non-hydrogen) atoms. The van der Waals surface area contributed by atoms with Crippen molar-refractivity contribution >= 4 is 0 Å². The molecule has 1 aromatic carbocycles. The summed E-state index contributed by atoms with van der Waals surface area (Å²) in [5, 5.41) is 0. The number of methoxy groups -OCH3 is 3. The highest BCUT2D eigenvalue weighted by molar-refractivity contribution is 5.52. The Hall–Kier alpha value is -1.46. The fourth-order valence-electron chi connectivity index (χ4n) is 1.58. The van der Waals surface area contributed by atoms with E-state index in [0.29, 0.717) is 17.2 Å². The fraction of sp³-hybridized carbons (Fsp3) is 0.500. The molecule has 0 fully saturated rings. The summed E-state index contributed by atoms with van der Waals surface area (Å²) in [6.45, 7) is 0. The van der Waals surface area contributed by atoms with Crippen LogP contribution in [-0.2, 0) is 0 Å². The Morgan fingerprint density at radius 2 is 1.47 bits per heavy atom. The van der Waals surface area contributed by atoms with E-state index in [0.717, 1.165) is 5.56 Å². The molecule has 0 amide bonds. The minimum atomic E-state index is -0.300. The molecular formula is C12H20N2O3. The van der Waals surface area contributed by atoms with Crippen molar-refractivity contribution < 1.29 is 14.2 Å². The molecule has 2 N–H and O–H groups in total. The smallest absolute Gasteiger partial charge is 0.132 e. The summed E-state index contributed by atoms with van der Waals surface area (Å²) in [6.07, 6.45) is -0.300. The summed E-state index contributed by atoms with van der Waals surface area (Å²) in [5.74, 6) is 1.98. The predicted octanol–water partition coefficient (Wildman–Crippen LogP) is 1.23. The van der Waals surface area contributed by atoms with E-state index in [1.807, 2.05) is 19.0 Å². The summed E-state index contributed by atoms with van der Waals surface area (Å²) in [4.78, 5) is 1.88. The number of hydrogen-bond donors (Lipinski definition) is 1. The number of nitrogens with two attached hydrogens (primary N) is 1. The van der Waals surface area contributed by atoms with Crippen molar-refractivity contribution in [3.05, 3.63) is 17.7 Å². The minimum Gasteiger partial charge on any atom is -0.496 e. The van der Waals surface area contributed by atoms with Gasteiger partial charge in [-0.25, -0.2) is 0 Å². The van der Waals surface area contributed by atoms with Crippen LogP contribution in [0, 0.1) is 0 Å². The Kier molecular flexibility index (Phi) is 4.60. The first-order chi connectivity index (χ1) is 8.04. The summed E-state index contributed by atoms with van der Waals surface area (Å²) >= 11 is 0. The van der Waals surface area contributed by atoms with E-state index in [9.17, 15) is 0 Å². The van der Waals surface area contributed by atoms with Gasteiger partial charge < -0.3 is 19.9 Å². The van der Waals surface area contributed by atoms with Crippen LogP contribution >= 0.6 is 0 Å². The van der Waals surface area contributed by atoms with Crippen LogP contribution in [0.3, 0.4) is 0 Å².